The predicted molar refractivity (Wildman–Crippen MR) is 199 cm³/mol. The van der Waals surface area contributed by atoms with Gasteiger partial charge in [-0.1, -0.05) is 55.4 Å². The Kier molecular flexibility index (Phi) is 22.2. The summed E-state index contributed by atoms with van der Waals surface area (Å²) in [6.45, 7) is 14.2. The monoisotopic (exact) mass is 788 g/mol. The summed E-state index contributed by atoms with van der Waals surface area (Å²) in [5, 5.41) is 56.2. The molecule has 9 atom stereocenters. The molecular formula is C35H64N8O12. The minimum absolute atomic E-state index is 0.0732. The van der Waals surface area contributed by atoms with Crippen molar-refractivity contribution in [1.29, 1.82) is 0 Å². The smallest absolute Gasteiger partial charge is 0.326 e. The third kappa shape index (κ3) is 17.7. The van der Waals surface area contributed by atoms with Crippen molar-refractivity contribution >= 4 is 47.3 Å². The summed E-state index contributed by atoms with van der Waals surface area (Å²) in [5.74, 6) is -8.73. The summed E-state index contributed by atoms with van der Waals surface area (Å²) in [4.78, 5) is 103. The molecule has 316 valence electrons. The van der Waals surface area contributed by atoms with Crippen LogP contribution in [-0.4, -0.2) is 135 Å². The van der Waals surface area contributed by atoms with Crippen LogP contribution in [0.5, 0.6) is 0 Å². The van der Waals surface area contributed by atoms with E-state index >= 15 is 0 Å². The number of carbonyl (C=O) groups excluding carboxylic acids is 7. The van der Waals surface area contributed by atoms with Gasteiger partial charge >= 0.3 is 5.97 Å². The number of aliphatic carboxylic acids is 1. The van der Waals surface area contributed by atoms with Crippen molar-refractivity contribution in [2.24, 2.45) is 29.4 Å². The quantitative estimate of drug-likeness (QED) is 0.0454. The summed E-state index contributed by atoms with van der Waals surface area (Å²) >= 11 is 0. The largest absolute Gasteiger partial charge is 0.480 e. The van der Waals surface area contributed by atoms with Crippen LogP contribution in [0.1, 0.15) is 82.1 Å². The molecule has 0 aliphatic heterocycles. The minimum Gasteiger partial charge on any atom is -0.480 e. The van der Waals surface area contributed by atoms with E-state index in [1.165, 1.54) is 13.8 Å². The van der Waals surface area contributed by atoms with Gasteiger partial charge in [0.1, 0.15) is 42.3 Å². The van der Waals surface area contributed by atoms with Gasteiger partial charge in [-0.2, -0.15) is 0 Å². The number of carboxylic acids is 1. The lowest BCUT2D eigenvalue weighted by Gasteiger charge is -2.29. The van der Waals surface area contributed by atoms with E-state index in [0.717, 1.165) is 0 Å². The number of carbonyl (C=O) groups is 8. The number of nitrogens with one attached hydrogen (secondary N) is 7. The molecule has 0 aromatic carbocycles. The van der Waals surface area contributed by atoms with Crippen LogP contribution in [0.2, 0.25) is 0 Å². The van der Waals surface area contributed by atoms with Crippen molar-refractivity contribution in [3.63, 3.8) is 0 Å². The first kappa shape index (κ1) is 50.6. The minimum atomic E-state index is -1.71. The number of rotatable bonds is 24. The van der Waals surface area contributed by atoms with Crippen LogP contribution in [0.25, 0.3) is 0 Å². The average molecular weight is 789 g/mol. The number of carboxylic acid groups (broad SMARTS) is 1. The molecule has 0 spiro atoms. The highest BCUT2D eigenvalue weighted by Gasteiger charge is 2.36. The molecule has 0 aliphatic rings. The van der Waals surface area contributed by atoms with Crippen molar-refractivity contribution in [3.8, 4) is 0 Å². The Balaban J connectivity index is 5.76. The van der Waals surface area contributed by atoms with Gasteiger partial charge in [0.05, 0.1) is 25.4 Å². The lowest BCUT2D eigenvalue weighted by Crippen LogP contribution is -2.63. The zero-order valence-corrected chi connectivity index (χ0v) is 33.5. The molecule has 0 saturated carbocycles. The highest BCUT2D eigenvalue weighted by molar-refractivity contribution is 5.97. The van der Waals surface area contributed by atoms with Gasteiger partial charge in [-0.05, 0) is 50.4 Å². The second-order valence-corrected chi connectivity index (χ2v) is 15.2. The Morgan fingerprint density at radius 2 is 0.836 bits per heavy atom. The fourth-order valence-electron chi connectivity index (χ4n) is 5.13. The Bertz CT molecular complexity index is 1330. The van der Waals surface area contributed by atoms with E-state index in [9.17, 15) is 58.8 Å². The molecule has 0 radical (unpaired) electrons. The maximum atomic E-state index is 13.3. The number of aliphatic hydroxyl groups excluding tert-OH is 3. The molecule has 0 fully saturated rings. The molecule has 0 aromatic rings. The second kappa shape index (κ2) is 24.2. The van der Waals surface area contributed by atoms with Crippen molar-refractivity contribution in [3.05, 3.63) is 0 Å². The predicted octanol–water partition coefficient (Wildman–Crippen LogP) is -3.42. The normalized spacial score (nSPS) is 16.4. The van der Waals surface area contributed by atoms with Gasteiger partial charge in [0, 0.05) is 0 Å². The summed E-state index contributed by atoms with van der Waals surface area (Å²) in [5.41, 5.74) is 5.85. The SMILES string of the molecule is CC(C)C[C@H](NC(=O)[C@@H](NC(=O)[C@@H](NC(=O)[C@H](CO)NC(=O)[C@@H](NC(=O)[C@H](CO)NC(=O)[C@H](C)NC(=O)[C@@H](N)CC(C)C)C(C)C)[C@@H](C)O)C(C)C)C(=O)O. The van der Waals surface area contributed by atoms with Crippen molar-refractivity contribution < 1.29 is 58.8 Å². The van der Waals surface area contributed by atoms with E-state index in [4.69, 9.17) is 5.73 Å². The van der Waals surface area contributed by atoms with E-state index < -0.39 is 127 Å². The molecule has 13 N–H and O–H groups in total. The Labute approximate surface area is 322 Å². The number of amides is 7. The van der Waals surface area contributed by atoms with Crippen LogP contribution in [-0.2, 0) is 38.4 Å². The highest BCUT2D eigenvalue weighted by atomic mass is 16.4. The van der Waals surface area contributed by atoms with Gasteiger partial charge in [-0.15, -0.1) is 0 Å². The third-order valence-electron chi connectivity index (χ3n) is 8.32. The Morgan fingerprint density at radius 1 is 0.473 bits per heavy atom. The van der Waals surface area contributed by atoms with Crippen molar-refractivity contribution in [1.82, 2.24) is 37.2 Å². The molecule has 55 heavy (non-hydrogen) atoms. The number of hydrogen-bond donors (Lipinski definition) is 12. The topological polar surface area (TPSA) is 328 Å². The van der Waals surface area contributed by atoms with E-state index in [1.807, 2.05) is 13.8 Å². The summed E-state index contributed by atoms with van der Waals surface area (Å²) in [6, 6.07) is -10.9. The molecule has 0 saturated heterocycles. The van der Waals surface area contributed by atoms with Gasteiger partial charge in [-0.3, -0.25) is 33.6 Å². The van der Waals surface area contributed by atoms with Gasteiger partial charge in [0.15, 0.2) is 0 Å². The second-order valence-electron chi connectivity index (χ2n) is 15.2. The zero-order chi connectivity index (χ0) is 42.9. The first-order valence-corrected chi connectivity index (χ1v) is 18.4. The van der Waals surface area contributed by atoms with Crippen LogP contribution in [0.3, 0.4) is 0 Å². The standard InChI is InChI=1S/C35H64N8O12/c1-15(2)11-21(36)29(48)37-19(9)28(47)39-23(13-44)30(49)41-25(17(5)6)33(52)40-24(14-45)31(50)43-27(20(10)46)34(53)42-26(18(7)8)32(51)38-22(35(54)55)12-16(3)4/h15-27,44-46H,11-14,36H2,1-10H3,(H,37,48)(H,38,51)(H,39,47)(H,40,52)(H,41,49)(H,42,53)(H,43,50)(H,54,55)/t19-,20+,21-,22-,23-,24-,25-,26-,27-/m0/s1. The van der Waals surface area contributed by atoms with Crippen molar-refractivity contribution in [2.75, 3.05) is 13.2 Å². The molecule has 0 aliphatic carbocycles. The van der Waals surface area contributed by atoms with E-state index in [2.05, 4.69) is 37.2 Å². The molecule has 0 rings (SSSR count). The van der Waals surface area contributed by atoms with E-state index in [-0.39, 0.29) is 18.3 Å². The van der Waals surface area contributed by atoms with E-state index in [0.29, 0.717) is 6.42 Å². The number of nitrogens with two attached hydrogens (primary N) is 1. The molecule has 0 unspecified atom stereocenters. The summed E-state index contributed by atoms with van der Waals surface area (Å²) < 4.78 is 0. The fraction of sp³-hybridized carbons (Fsp3) is 0.771. The molecule has 0 heterocycles. The van der Waals surface area contributed by atoms with Crippen molar-refractivity contribution in [2.45, 2.75) is 137 Å². The van der Waals surface area contributed by atoms with Crippen LogP contribution in [0.4, 0.5) is 0 Å². The number of aliphatic hydroxyl groups is 3. The summed E-state index contributed by atoms with van der Waals surface area (Å²) in [7, 11) is 0. The van der Waals surface area contributed by atoms with Gasteiger partial charge in [0.2, 0.25) is 41.4 Å². The average Bonchev–Trinajstić information content (AvgIpc) is 3.07. The molecular weight excluding hydrogens is 724 g/mol. The van der Waals surface area contributed by atoms with Crippen LogP contribution in [0.15, 0.2) is 0 Å². The molecule has 0 bridgehead atoms. The highest BCUT2D eigenvalue weighted by Crippen LogP contribution is 2.10. The molecule has 7 amide bonds. The van der Waals surface area contributed by atoms with Crippen LogP contribution < -0.4 is 43.0 Å². The Hall–Kier alpha value is -4.40. The molecule has 20 heteroatoms. The first-order valence-electron chi connectivity index (χ1n) is 18.4. The maximum Gasteiger partial charge on any atom is 0.326 e. The van der Waals surface area contributed by atoms with Crippen LogP contribution >= 0.6 is 0 Å². The van der Waals surface area contributed by atoms with Crippen LogP contribution in [0, 0.1) is 23.7 Å². The lowest BCUT2D eigenvalue weighted by molar-refractivity contribution is -0.143. The summed E-state index contributed by atoms with van der Waals surface area (Å²) in [6.07, 6.45) is -1.07. The van der Waals surface area contributed by atoms with Gasteiger partial charge < -0.3 is 63.4 Å². The maximum absolute atomic E-state index is 13.3. The molecule has 0 aromatic heterocycles. The third-order valence-corrected chi connectivity index (χ3v) is 8.32. The zero-order valence-electron chi connectivity index (χ0n) is 33.5. The molecule has 20 nitrogen and oxygen atoms in total. The van der Waals surface area contributed by atoms with Gasteiger partial charge in [-0.25, -0.2) is 4.79 Å². The van der Waals surface area contributed by atoms with Gasteiger partial charge in [0.25, 0.3) is 0 Å². The fourth-order valence-corrected chi connectivity index (χ4v) is 5.13. The Morgan fingerprint density at radius 3 is 1.20 bits per heavy atom. The lowest BCUT2D eigenvalue weighted by atomic mass is 9.99. The van der Waals surface area contributed by atoms with E-state index in [1.54, 1.807) is 41.5 Å². The first-order chi connectivity index (χ1) is 25.4. The number of hydrogen-bond acceptors (Lipinski definition) is 12.